The number of benzene rings is 2. The fraction of sp³-hybridized carbons (Fsp3) is 0.235. The Morgan fingerprint density at radius 2 is 1.73 bits per heavy atom. The van der Waals surface area contributed by atoms with Crippen molar-refractivity contribution >= 4 is 17.7 Å². The van der Waals surface area contributed by atoms with Gasteiger partial charge in [-0.1, -0.05) is 12.1 Å². The van der Waals surface area contributed by atoms with Crippen LogP contribution in [0.5, 0.6) is 11.5 Å². The molecule has 0 fully saturated rings. The van der Waals surface area contributed by atoms with Gasteiger partial charge in [-0.3, -0.25) is 0 Å². The van der Waals surface area contributed by atoms with E-state index < -0.39 is 0 Å². The fourth-order valence-electron chi connectivity index (χ4n) is 1.91. The van der Waals surface area contributed by atoms with Crippen molar-refractivity contribution in [3.05, 3.63) is 53.6 Å². The minimum atomic E-state index is -0.370. The van der Waals surface area contributed by atoms with Gasteiger partial charge in [0.2, 0.25) is 0 Å². The van der Waals surface area contributed by atoms with Crippen molar-refractivity contribution in [3.63, 3.8) is 0 Å². The van der Waals surface area contributed by atoms with E-state index >= 15 is 0 Å². The third kappa shape index (κ3) is 3.95. The van der Waals surface area contributed by atoms with E-state index in [1.54, 1.807) is 38.1 Å². The first-order valence-corrected chi connectivity index (χ1v) is 7.68. The molecule has 0 aliphatic carbocycles. The van der Waals surface area contributed by atoms with E-state index in [1.807, 2.05) is 30.3 Å². The van der Waals surface area contributed by atoms with Crippen LogP contribution in [0.15, 0.2) is 47.4 Å². The molecule has 5 heteroatoms. The molecule has 0 amide bonds. The second-order valence-corrected chi connectivity index (χ2v) is 5.51. The Morgan fingerprint density at radius 1 is 1.00 bits per heavy atom. The number of hydrogen-bond donors (Lipinski definition) is 0. The maximum absolute atomic E-state index is 11.5. The van der Waals surface area contributed by atoms with Crippen molar-refractivity contribution in [2.24, 2.45) is 0 Å². The third-order valence-electron chi connectivity index (χ3n) is 3.14. The molecular formula is C17H18O4S. The van der Waals surface area contributed by atoms with Crippen LogP contribution in [0, 0.1) is 0 Å². The predicted molar refractivity (Wildman–Crippen MR) is 86.9 cm³/mol. The number of carbonyl (C=O) groups is 1. The van der Waals surface area contributed by atoms with Crippen LogP contribution in [0.25, 0.3) is 0 Å². The van der Waals surface area contributed by atoms with Gasteiger partial charge >= 0.3 is 5.97 Å². The first-order valence-electron chi connectivity index (χ1n) is 6.70. The molecule has 4 nitrogen and oxygen atoms in total. The second-order valence-electron chi connectivity index (χ2n) is 4.49. The Labute approximate surface area is 134 Å². The summed E-state index contributed by atoms with van der Waals surface area (Å²) < 4.78 is 15.2. The molecular weight excluding hydrogens is 300 g/mol. The highest BCUT2D eigenvalue weighted by molar-refractivity contribution is 7.98. The lowest BCUT2D eigenvalue weighted by molar-refractivity contribution is 0.0600. The normalized spacial score (nSPS) is 10.1. The third-order valence-corrected chi connectivity index (χ3v) is 4.26. The van der Waals surface area contributed by atoms with Crippen LogP contribution < -0.4 is 9.47 Å². The Kier molecular flexibility index (Phi) is 5.72. The van der Waals surface area contributed by atoms with Gasteiger partial charge in [0.1, 0.15) is 11.5 Å². The van der Waals surface area contributed by atoms with Gasteiger partial charge in [0.25, 0.3) is 0 Å². The van der Waals surface area contributed by atoms with Crippen LogP contribution in [0.2, 0.25) is 0 Å². The van der Waals surface area contributed by atoms with Crippen molar-refractivity contribution < 1.29 is 19.0 Å². The van der Waals surface area contributed by atoms with Crippen molar-refractivity contribution in [1.29, 1.82) is 0 Å². The minimum Gasteiger partial charge on any atom is -0.497 e. The van der Waals surface area contributed by atoms with Crippen molar-refractivity contribution in [2.75, 3.05) is 21.3 Å². The average molecular weight is 318 g/mol. The summed E-state index contributed by atoms with van der Waals surface area (Å²) in [4.78, 5) is 12.5. The first kappa shape index (κ1) is 16.2. The molecule has 0 aliphatic heterocycles. The summed E-state index contributed by atoms with van der Waals surface area (Å²) >= 11 is 1.65. The highest BCUT2D eigenvalue weighted by atomic mass is 32.2. The van der Waals surface area contributed by atoms with Crippen LogP contribution in [-0.4, -0.2) is 27.3 Å². The van der Waals surface area contributed by atoms with Gasteiger partial charge in [0, 0.05) is 10.6 Å². The summed E-state index contributed by atoms with van der Waals surface area (Å²) in [6, 6.07) is 13.2. The maximum atomic E-state index is 11.5. The Balaban J connectivity index is 2.09. The standard InChI is InChI=1S/C17H18O4S/c1-19-14-7-4-12(5-8-14)11-22-16-9-6-13(17(18)21-3)10-15(16)20-2/h4-10H,11H2,1-3H3. The van der Waals surface area contributed by atoms with Gasteiger partial charge in [-0.15, -0.1) is 11.8 Å². The lowest BCUT2D eigenvalue weighted by Crippen LogP contribution is -2.01. The molecule has 116 valence electrons. The number of methoxy groups -OCH3 is 3. The number of esters is 1. The molecule has 22 heavy (non-hydrogen) atoms. The van der Waals surface area contributed by atoms with Gasteiger partial charge in [-0.05, 0) is 35.9 Å². The van der Waals surface area contributed by atoms with E-state index in [2.05, 4.69) is 0 Å². The zero-order chi connectivity index (χ0) is 15.9. The summed E-state index contributed by atoms with van der Waals surface area (Å²) in [5.41, 5.74) is 1.66. The van der Waals surface area contributed by atoms with Gasteiger partial charge in [-0.25, -0.2) is 4.79 Å². The molecule has 0 radical (unpaired) electrons. The van der Waals surface area contributed by atoms with Gasteiger partial charge in [0.15, 0.2) is 0 Å². The van der Waals surface area contributed by atoms with Crippen LogP contribution in [0.3, 0.4) is 0 Å². The van der Waals surface area contributed by atoms with E-state index in [0.29, 0.717) is 11.3 Å². The Bertz CT molecular complexity index is 638. The zero-order valence-electron chi connectivity index (χ0n) is 12.8. The summed E-state index contributed by atoms with van der Waals surface area (Å²) in [6.07, 6.45) is 0. The molecule has 2 rings (SSSR count). The number of thioether (sulfide) groups is 1. The van der Waals surface area contributed by atoms with Crippen LogP contribution in [-0.2, 0) is 10.5 Å². The second kappa shape index (κ2) is 7.75. The highest BCUT2D eigenvalue weighted by Crippen LogP contribution is 2.32. The fourth-order valence-corrected chi connectivity index (χ4v) is 2.88. The summed E-state index contributed by atoms with van der Waals surface area (Å²) in [7, 11) is 4.60. The lowest BCUT2D eigenvalue weighted by atomic mass is 10.2. The SMILES string of the molecule is COC(=O)c1ccc(SCc2ccc(OC)cc2)c(OC)c1. The molecule has 0 heterocycles. The molecule has 2 aromatic rings. The summed E-state index contributed by atoms with van der Waals surface area (Å²) in [6.45, 7) is 0. The van der Waals surface area contributed by atoms with Crippen molar-refractivity contribution in [2.45, 2.75) is 10.6 Å². The summed E-state index contributed by atoms with van der Waals surface area (Å²) in [5, 5.41) is 0. The molecule has 2 aromatic carbocycles. The van der Waals surface area contributed by atoms with Crippen LogP contribution in [0.4, 0.5) is 0 Å². The van der Waals surface area contributed by atoms with Gasteiger partial charge < -0.3 is 14.2 Å². The van der Waals surface area contributed by atoms with E-state index in [4.69, 9.17) is 14.2 Å². The highest BCUT2D eigenvalue weighted by Gasteiger charge is 2.11. The lowest BCUT2D eigenvalue weighted by Gasteiger charge is -2.10. The van der Waals surface area contributed by atoms with Crippen molar-refractivity contribution in [1.82, 2.24) is 0 Å². The molecule has 0 saturated heterocycles. The topological polar surface area (TPSA) is 44.8 Å². The molecule has 0 spiro atoms. The monoisotopic (exact) mass is 318 g/mol. The van der Waals surface area contributed by atoms with E-state index in [9.17, 15) is 4.79 Å². The minimum absolute atomic E-state index is 0.370. The maximum Gasteiger partial charge on any atom is 0.337 e. The number of carbonyl (C=O) groups excluding carboxylic acids is 1. The zero-order valence-corrected chi connectivity index (χ0v) is 13.6. The van der Waals surface area contributed by atoms with Crippen LogP contribution in [0.1, 0.15) is 15.9 Å². The number of hydrogen-bond acceptors (Lipinski definition) is 5. The number of rotatable bonds is 6. The average Bonchev–Trinajstić information content (AvgIpc) is 2.59. The quantitative estimate of drug-likeness (QED) is 0.599. The molecule has 0 N–H and O–H groups in total. The van der Waals surface area contributed by atoms with Gasteiger partial charge in [0.05, 0.1) is 26.9 Å². The summed E-state index contributed by atoms with van der Waals surface area (Å²) in [5.74, 6) is 1.94. The van der Waals surface area contributed by atoms with E-state index in [-0.39, 0.29) is 5.97 Å². The number of ether oxygens (including phenoxy) is 3. The van der Waals surface area contributed by atoms with E-state index in [1.165, 1.54) is 12.7 Å². The predicted octanol–water partition coefficient (Wildman–Crippen LogP) is 3.78. The molecule has 0 aliphatic rings. The molecule has 0 bridgehead atoms. The largest absolute Gasteiger partial charge is 0.497 e. The Hall–Kier alpha value is -2.14. The smallest absolute Gasteiger partial charge is 0.337 e. The van der Waals surface area contributed by atoms with Crippen molar-refractivity contribution in [3.8, 4) is 11.5 Å². The molecule has 0 atom stereocenters. The van der Waals surface area contributed by atoms with Crippen LogP contribution >= 0.6 is 11.8 Å². The van der Waals surface area contributed by atoms with Gasteiger partial charge in [-0.2, -0.15) is 0 Å². The molecule has 0 saturated carbocycles. The first-order chi connectivity index (χ1) is 10.7. The van der Waals surface area contributed by atoms with E-state index in [0.717, 1.165) is 16.4 Å². The molecule has 0 unspecified atom stereocenters. The molecule has 0 aromatic heterocycles. The Morgan fingerprint density at radius 3 is 2.32 bits per heavy atom.